The Morgan fingerprint density at radius 3 is 3.20 bits per heavy atom. The van der Waals surface area contributed by atoms with Gasteiger partial charge in [-0.05, 0) is 19.3 Å². The first-order valence-corrected chi connectivity index (χ1v) is 5.54. The van der Waals surface area contributed by atoms with E-state index in [1.807, 2.05) is 6.20 Å². The Morgan fingerprint density at radius 2 is 2.47 bits per heavy atom. The lowest BCUT2D eigenvalue weighted by Crippen LogP contribution is -2.15. The van der Waals surface area contributed by atoms with Crippen LogP contribution in [0.25, 0.3) is 0 Å². The number of aryl methyl sites for hydroxylation is 1. The van der Waals surface area contributed by atoms with E-state index in [-0.39, 0.29) is 0 Å². The second-order valence-corrected chi connectivity index (χ2v) is 3.97. The molecule has 0 aromatic carbocycles. The lowest BCUT2D eigenvalue weighted by molar-refractivity contribution is 0.193. The number of methoxy groups -OCH3 is 1. The van der Waals surface area contributed by atoms with E-state index >= 15 is 0 Å². The predicted molar refractivity (Wildman–Crippen MR) is 56.6 cm³/mol. The van der Waals surface area contributed by atoms with Crippen LogP contribution in [0, 0.1) is 0 Å². The summed E-state index contributed by atoms with van der Waals surface area (Å²) in [5.74, 6) is 1.76. The Labute approximate surface area is 90.0 Å². The normalized spacial score (nSPS) is 15.8. The highest BCUT2D eigenvalue weighted by atomic mass is 16.5. The van der Waals surface area contributed by atoms with Crippen LogP contribution in [0.4, 0.5) is 0 Å². The van der Waals surface area contributed by atoms with Crippen LogP contribution in [-0.4, -0.2) is 24.7 Å². The van der Waals surface area contributed by atoms with Crippen LogP contribution >= 0.6 is 0 Å². The van der Waals surface area contributed by atoms with Crippen molar-refractivity contribution in [3.8, 4) is 0 Å². The monoisotopic (exact) mass is 210 g/mol. The molecule has 0 spiro atoms. The molecule has 1 fully saturated rings. The summed E-state index contributed by atoms with van der Waals surface area (Å²) in [6.45, 7) is 1.53. The number of hydrogen-bond donors (Lipinski definition) is 1. The zero-order valence-electron chi connectivity index (χ0n) is 9.16. The summed E-state index contributed by atoms with van der Waals surface area (Å²) in [6.07, 6.45) is 6.30. The van der Waals surface area contributed by atoms with Crippen molar-refractivity contribution in [2.24, 2.45) is 0 Å². The van der Waals surface area contributed by atoms with Crippen molar-refractivity contribution in [3.63, 3.8) is 0 Å². The van der Waals surface area contributed by atoms with Gasteiger partial charge in [0.15, 0.2) is 0 Å². The minimum Gasteiger partial charge on any atom is -0.444 e. The molecule has 0 aliphatic heterocycles. The zero-order valence-corrected chi connectivity index (χ0v) is 9.16. The second-order valence-electron chi connectivity index (χ2n) is 3.97. The van der Waals surface area contributed by atoms with Crippen LogP contribution in [-0.2, 0) is 17.7 Å². The van der Waals surface area contributed by atoms with Gasteiger partial charge in [-0.1, -0.05) is 0 Å². The van der Waals surface area contributed by atoms with Gasteiger partial charge in [-0.25, -0.2) is 4.98 Å². The molecule has 84 valence electrons. The number of oxazole rings is 1. The van der Waals surface area contributed by atoms with Crippen LogP contribution < -0.4 is 5.32 Å². The number of rotatable bonds is 7. The highest BCUT2D eigenvalue weighted by molar-refractivity contribution is 4.95. The molecule has 1 saturated carbocycles. The third-order valence-electron chi connectivity index (χ3n) is 2.49. The van der Waals surface area contributed by atoms with Crippen molar-refractivity contribution in [2.45, 2.75) is 38.3 Å². The second kappa shape index (κ2) is 5.28. The van der Waals surface area contributed by atoms with Crippen LogP contribution in [0.3, 0.4) is 0 Å². The standard InChI is InChI=1S/C11H18N2O2/c1-14-6-2-3-10-7-13-11(15-10)8-12-9-4-5-9/h7,9,12H,2-6,8H2,1H3. The van der Waals surface area contributed by atoms with Gasteiger partial charge < -0.3 is 14.5 Å². The molecule has 0 radical (unpaired) electrons. The topological polar surface area (TPSA) is 47.3 Å². The molecule has 0 bridgehead atoms. The molecule has 0 atom stereocenters. The molecular formula is C11H18N2O2. The smallest absolute Gasteiger partial charge is 0.208 e. The molecular weight excluding hydrogens is 192 g/mol. The highest BCUT2D eigenvalue weighted by Gasteiger charge is 2.20. The van der Waals surface area contributed by atoms with E-state index in [0.717, 1.165) is 37.6 Å². The lowest BCUT2D eigenvalue weighted by Gasteiger charge is -1.97. The zero-order chi connectivity index (χ0) is 10.5. The molecule has 1 N–H and O–H groups in total. The van der Waals surface area contributed by atoms with Gasteiger partial charge in [0.25, 0.3) is 0 Å². The van der Waals surface area contributed by atoms with E-state index in [0.29, 0.717) is 6.04 Å². The maximum Gasteiger partial charge on any atom is 0.208 e. The van der Waals surface area contributed by atoms with E-state index in [9.17, 15) is 0 Å². The number of nitrogens with one attached hydrogen (secondary N) is 1. The van der Waals surface area contributed by atoms with Crippen molar-refractivity contribution in [1.29, 1.82) is 0 Å². The quantitative estimate of drug-likeness (QED) is 0.693. The van der Waals surface area contributed by atoms with E-state index in [1.54, 1.807) is 7.11 Å². The van der Waals surface area contributed by atoms with Gasteiger partial charge in [-0.15, -0.1) is 0 Å². The SMILES string of the molecule is COCCCc1cnc(CNC2CC2)o1. The third-order valence-corrected chi connectivity index (χ3v) is 2.49. The first kappa shape index (κ1) is 10.6. The molecule has 1 aliphatic rings. The van der Waals surface area contributed by atoms with Gasteiger partial charge in [0, 0.05) is 26.2 Å². The molecule has 2 rings (SSSR count). The van der Waals surface area contributed by atoms with Gasteiger partial charge in [0.2, 0.25) is 5.89 Å². The Morgan fingerprint density at radius 1 is 1.60 bits per heavy atom. The molecule has 1 aliphatic carbocycles. The summed E-state index contributed by atoms with van der Waals surface area (Å²) in [4.78, 5) is 4.22. The third kappa shape index (κ3) is 3.64. The predicted octanol–water partition coefficient (Wildman–Crippen LogP) is 1.51. The number of nitrogens with zero attached hydrogens (tertiary/aromatic N) is 1. The molecule has 4 heteroatoms. The van der Waals surface area contributed by atoms with Crippen LogP contribution in [0.15, 0.2) is 10.6 Å². The van der Waals surface area contributed by atoms with Crippen LogP contribution in [0.5, 0.6) is 0 Å². The van der Waals surface area contributed by atoms with E-state index in [2.05, 4.69) is 10.3 Å². The Hall–Kier alpha value is -0.870. The first-order chi connectivity index (χ1) is 7.38. The van der Waals surface area contributed by atoms with Gasteiger partial charge in [-0.2, -0.15) is 0 Å². The highest BCUT2D eigenvalue weighted by Crippen LogP contribution is 2.19. The lowest BCUT2D eigenvalue weighted by atomic mass is 10.3. The Kier molecular flexibility index (Phi) is 3.75. The maximum absolute atomic E-state index is 5.58. The molecule has 0 amide bonds. The van der Waals surface area contributed by atoms with Crippen molar-refractivity contribution in [3.05, 3.63) is 17.8 Å². The summed E-state index contributed by atoms with van der Waals surface area (Å²) in [6, 6.07) is 0.703. The van der Waals surface area contributed by atoms with Gasteiger partial charge in [0.1, 0.15) is 5.76 Å². The molecule has 1 aromatic rings. The van der Waals surface area contributed by atoms with Crippen LogP contribution in [0.1, 0.15) is 30.9 Å². The summed E-state index contributed by atoms with van der Waals surface area (Å²) in [5.41, 5.74) is 0. The molecule has 1 aromatic heterocycles. The number of aromatic nitrogens is 1. The molecule has 15 heavy (non-hydrogen) atoms. The van der Waals surface area contributed by atoms with Crippen molar-refractivity contribution in [1.82, 2.24) is 10.3 Å². The average Bonchev–Trinajstić information content (AvgIpc) is 2.97. The molecule has 1 heterocycles. The fourth-order valence-electron chi connectivity index (χ4n) is 1.46. The van der Waals surface area contributed by atoms with Crippen molar-refractivity contribution in [2.75, 3.05) is 13.7 Å². The minimum atomic E-state index is 0.703. The largest absolute Gasteiger partial charge is 0.444 e. The summed E-state index contributed by atoms with van der Waals surface area (Å²) < 4.78 is 10.6. The minimum absolute atomic E-state index is 0.703. The fourth-order valence-corrected chi connectivity index (χ4v) is 1.46. The average molecular weight is 210 g/mol. The Bertz CT molecular complexity index is 295. The van der Waals surface area contributed by atoms with E-state index < -0.39 is 0 Å². The summed E-state index contributed by atoms with van der Waals surface area (Å²) >= 11 is 0. The fraction of sp³-hybridized carbons (Fsp3) is 0.727. The van der Waals surface area contributed by atoms with Crippen molar-refractivity contribution >= 4 is 0 Å². The molecule has 0 unspecified atom stereocenters. The van der Waals surface area contributed by atoms with Gasteiger partial charge in [-0.3, -0.25) is 0 Å². The number of hydrogen-bond acceptors (Lipinski definition) is 4. The van der Waals surface area contributed by atoms with E-state index in [4.69, 9.17) is 9.15 Å². The molecule has 0 saturated heterocycles. The van der Waals surface area contributed by atoms with Crippen LogP contribution in [0.2, 0.25) is 0 Å². The van der Waals surface area contributed by atoms with Gasteiger partial charge >= 0.3 is 0 Å². The first-order valence-electron chi connectivity index (χ1n) is 5.54. The Balaban J connectivity index is 1.70. The van der Waals surface area contributed by atoms with E-state index in [1.165, 1.54) is 12.8 Å². The maximum atomic E-state index is 5.58. The number of ether oxygens (including phenoxy) is 1. The van der Waals surface area contributed by atoms with Gasteiger partial charge in [0.05, 0.1) is 12.7 Å². The molecule has 4 nitrogen and oxygen atoms in total. The summed E-state index contributed by atoms with van der Waals surface area (Å²) in [5, 5.41) is 3.37. The summed E-state index contributed by atoms with van der Waals surface area (Å²) in [7, 11) is 1.71. The van der Waals surface area contributed by atoms with Crippen molar-refractivity contribution < 1.29 is 9.15 Å².